The van der Waals surface area contributed by atoms with Gasteiger partial charge in [-0.1, -0.05) is 26.3 Å². The Bertz CT molecular complexity index is 689. The number of aromatic hydroxyl groups is 1. The van der Waals surface area contributed by atoms with Crippen LogP contribution in [0.25, 0.3) is 5.70 Å². The molecule has 2 heterocycles. The number of fused-ring (bicyclic) bond motifs is 1. The third kappa shape index (κ3) is 4.40. The molecule has 1 aromatic carbocycles. The van der Waals surface area contributed by atoms with Crippen LogP contribution in [0.5, 0.6) is 5.75 Å². The molecular weight excluding hydrogens is 333 g/mol. The highest BCUT2D eigenvalue weighted by Crippen LogP contribution is 2.28. The van der Waals surface area contributed by atoms with Crippen molar-refractivity contribution in [3.05, 3.63) is 47.2 Å². The minimum Gasteiger partial charge on any atom is -0.504 e. The van der Waals surface area contributed by atoms with Crippen molar-refractivity contribution in [2.75, 3.05) is 33.2 Å². The summed E-state index contributed by atoms with van der Waals surface area (Å²) in [6.45, 7) is 7.74. The molecule has 0 radical (unpaired) electrons. The summed E-state index contributed by atoms with van der Waals surface area (Å²) in [5, 5.41) is 13.0. The molecule has 144 valence electrons. The van der Waals surface area contributed by atoms with Gasteiger partial charge in [0.2, 0.25) is 0 Å². The van der Waals surface area contributed by atoms with Crippen LogP contribution >= 0.6 is 0 Å². The van der Waals surface area contributed by atoms with Crippen LogP contribution in [0.15, 0.2) is 35.8 Å². The first-order valence-corrected chi connectivity index (χ1v) is 9.02. The van der Waals surface area contributed by atoms with Crippen LogP contribution < -0.4 is 16.8 Å². The Kier molecular flexibility index (Phi) is 6.74. The Hall–Kier alpha value is -2.41. The van der Waals surface area contributed by atoms with Crippen molar-refractivity contribution in [3.8, 4) is 5.75 Å². The van der Waals surface area contributed by atoms with Crippen molar-refractivity contribution in [2.45, 2.75) is 26.3 Å². The number of para-hydroxylation sites is 1. The molecule has 1 atom stereocenters. The Morgan fingerprint density at radius 1 is 1.38 bits per heavy atom. The zero-order valence-electron chi connectivity index (χ0n) is 15.8. The molecule has 0 amide bonds. The van der Waals surface area contributed by atoms with Crippen molar-refractivity contribution >= 4 is 5.70 Å². The summed E-state index contributed by atoms with van der Waals surface area (Å²) in [6, 6.07) is 4.60. The minimum absolute atomic E-state index is 0.265. The van der Waals surface area contributed by atoms with E-state index in [1.807, 2.05) is 0 Å². The van der Waals surface area contributed by atoms with Gasteiger partial charge in [0.25, 0.3) is 0 Å². The molecule has 0 aliphatic carbocycles. The highest BCUT2D eigenvalue weighted by Gasteiger charge is 2.30. The van der Waals surface area contributed by atoms with E-state index < -0.39 is 11.6 Å². The SMILES string of the molecule is CCC.CN1CCN2C(/C=C(\N)c3cccc(F)c3O)=C(N)NCC2C1. The van der Waals surface area contributed by atoms with E-state index in [0.717, 1.165) is 31.9 Å². The second-order valence-corrected chi connectivity index (χ2v) is 6.73. The number of nitrogens with zero attached hydrogens (tertiary/aromatic N) is 2. The molecule has 1 aromatic rings. The summed E-state index contributed by atoms with van der Waals surface area (Å²) in [6.07, 6.45) is 2.95. The first kappa shape index (κ1) is 19.9. The number of hydrogen-bond acceptors (Lipinski definition) is 6. The first-order valence-electron chi connectivity index (χ1n) is 9.02. The fourth-order valence-electron chi connectivity index (χ4n) is 3.11. The standard InChI is InChI=1S/C16H22FN5O.C3H8/c1-21-5-6-22-10(9-21)8-20-16(19)14(22)7-13(18)11-3-2-4-12(17)15(11)23;1-3-2/h2-4,7,10,20,23H,5-6,8-9,18-19H2,1H3;3H2,1-2H3/b13-7-;. The number of piperazine rings is 1. The molecule has 0 saturated carbocycles. The van der Waals surface area contributed by atoms with Gasteiger partial charge in [0.1, 0.15) is 5.82 Å². The zero-order chi connectivity index (χ0) is 19.3. The van der Waals surface area contributed by atoms with Gasteiger partial charge < -0.3 is 31.7 Å². The first-order chi connectivity index (χ1) is 12.4. The maximum atomic E-state index is 13.5. The predicted molar refractivity (Wildman–Crippen MR) is 103 cm³/mol. The maximum Gasteiger partial charge on any atom is 0.165 e. The molecule has 3 rings (SSSR count). The largest absolute Gasteiger partial charge is 0.504 e. The lowest BCUT2D eigenvalue weighted by molar-refractivity contribution is 0.114. The average molecular weight is 363 g/mol. The van der Waals surface area contributed by atoms with Crippen molar-refractivity contribution in [2.24, 2.45) is 11.5 Å². The average Bonchev–Trinajstić information content (AvgIpc) is 2.60. The third-order valence-electron chi connectivity index (χ3n) is 4.39. The molecule has 7 heteroatoms. The highest BCUT2D eigenvalue weighted by molar-refractivity contribution is 5.70. The van der Waals surface area contributed by atoms with Gasteiger partial charge in [0.15, 0.2) is 11.6 Å². The third-order valence-corrected chi connectivity index (χ3v) is 4.39. The van der Waals surface area contributed by atoms with E-state index in [-0.39, 0.29) is 11.3 Å². The van der Waals surface area contributed by atoms with Gasteiger partial charge in [0.05, 0.1) is 11.7 Å². The Balaban J connectivity index is 0.000000758. The van der Waals surface area contributed by atoms with Gasteiger partial charge in [0, 0.05) is 37.4 Å². The summed E-state index contributed by atoms with van der Waals surface area (Å²) in [5.41, 5.74) is 13.5. The molecule has 1 saturated heterocycles. The molecule has 0 spiro atoms. The second kappa shape index (κ2) is 8.80. The quantitative estimate of drug-likeness (QED) is 0.638. The number of nitrogens with two attached hydrogens (primary N) is 2. The smallest absolute Gasteiger partial charge is 0.165 e. The number of halogens is 1. The summed E-state index contributed by atoms with van der Waals surface area (Å²) >= 11 is 0. The Morgan fingerprint density at radius 3 is 2.77 bits per heavy atom. The molecule has 1 fully saturated rings. The Labute approximate surface area is 154 Å². The van der Waals surface area contributed by atoms with Gasteiger partial charge >= 0.3 is 0 Å². The monoisotopic (exact) mass is 363 g/mol. The van der Waals surface area contributed by atoms with Gasteiger partial charge in [-0.3, -0.25) is 0 Å². The van der Waals surface area contributed by atoms with Crippen LogP contribution in [0.3, 0.4) is 0 Å². The molecule has 1 unspecified atom stereocenters. The number of allylic oxidation sites excluding steroid dienone is 1. The summed E-state index contributed by atoms with van der Waals surface area (Å²) in [5.74, 6) is -0.594. The summed E-state index contributed by atoms with van der Waals surface area (Å²) in [7, 11) is 2.09. The lowest BCUT2D eigenvalue weighted by Crippen LogP contribution is -2.58. The predicted octanol–water partition coefficient (Wildman–Crippen LogP) is 1.59. The number of nitrogens with one attached hydrogen (secondary N) is 1. The lowest BCUT2D eigenvalue weighted by atomic mass is 10.1. The molecule has 0 aromatic heterocycles. The van der Waals surface area contributed by atoms with Crippen LogP contribution in [0.1, 0.15) is 25.8 Å². The number of likely N-dealkylation sites (N-methyl/N-ethyl adjacent to an activating group) is 1. The fraction of sp³-hybridized carbons (Fsp3) is 0.474. The van der Waals surface area contributed by atoms with Crippen molar-refractivity contribution in [3.63, 3.8) is 0 Å². The number of phenols is 1. The summed E-state index contributed by atoms with van der Waals surface area (Å²) in [4.78, 5) is 4.49. The van der Waals surface area contributed by atoms with Crippen LogP contribution in [0.4, 0.5) is 4.39 Å². The van der Waals surface area contributed by atoms with E-state index in [1.165, 1.54) is 18.6 Å². The van der Waals surface area contributed by atoms with Crippen molar-refractivity contribution < 1.29 is 9.50 Å². The van der Waals surface area contributed by atoms with Gasteiger partial charge in [-0.05, 0) is 25.3 Å². The van der Waals surface area contributed by atoms with Crippen molar-refractivity contribution in [1.82, 2.24) is 15.1 Å². The number of phenolic OH excluding ortho intramolecular Hbond substituents is 1. The van der Waals surface area contributed by atoms with Gasteiger partial charge in [-0.2, -0.15) is 0 Å². The van der Waals surface area contributed by atoms with E-state index in [0.29, 0.717) is 11.9 Å². The van der Waals surface area contributed by atoms with E-state index in [2.05, 4.69) is 36.0 Å². The minimum atomic E-state index is -0.694. The van der Waals surface area contributed by atoms with Crippen molar-refractivity contribution in [1.29, 1.82) is 0 Å². The molecule has 26 heavy (non-hydrogen) atoms. The van der Waals surface area contributed by atoms with Crippen LogP contribution in [0, 0.1) is 5.82 Å². The molecule has 6 nitrogen and oxygen atoms in total. The van der Waals surface area contributed by atoms with E-state index in [4.69, 9.17) is 11.5 Å². The highest BCUT2D eigenvalue weighted by atomic mass is 19.1. The van der Waals surface area contributed by atoms with E-state index in [1.54, 1.807) is 12.1 Å². The zero-order valence-corrected chi connectivity index (χ0v) is 15.8. The van der Waals surface area contributed by atoms with E-state index >= 15 is 0 Å². The fourth-order valence-corrected chi connectivity index (χ4v) is 3.11. The maximum absolute atomic E-state index is 13.5. The van der Waals surface area contributed by atoms with Gasteiger partial charge in [-0.15, -0.1) is 0 Å². The molecule has 0 bridgehead atoms. The molecular formula is C19H30FN5O. The topological polar surface area (TPSA) is 90.8 Å². The second-order valence-electron chi connectivity index (χ2n) is 6.73. The summed E-state index contributed by atoms with van der Waals surface area (Å²) < 4.78 is 13.5. The number of benzene rings is 1. The van der Waals surface area contributed by atoms with Gasteiger partial charge in [-0.25, -0.2) is 4.39 Å². The van der Waals surface area contributed by atoms with E-state index in [9.17, 15) is 9.50 Å². The van der Waals surface area contributed by atoms with Crippen LogP contribution in [-0.4, -0.2) is 54.2 Å². The Morgan fingerprint density at radius 2 is 2.08 bits per heavy atom. The molecule has 2 aliphatic rings. The van der Waals surface area contributed by atoms with Crippen LogP contribution in [-0.2, 0) is 0 Å². The molecule has 2 aliphatic heterocycles. The van der Waals surface area contributed by atoms with Crippen LogP contribution in [0.2, 0.25) is 0 Å². The normalized spacial score (nSPS) is 20.8. The number of hydrogen-bond donors (Lipinski definition) is 4. The lowest BCUT2D eigenvalue weighted by Gasteiger charge is -2.45. The molecule has 6 N–H and O–H groups in total. The number of rotatable bonds is 2.